The van der Waals surface area contributed by atoms with E-state index in [1.165, 1.54) is 5.56 Å². The van der Waals surface area contributed by atoms with Gasteiger partial charge in [-0.15, -0.1) is 0 Å². The lowest BCUT2D eigenvalue weighted by molar-refractivity contribution is 0.309. The number of aliphatic imine (C=N–C) groups is 1. The first kappa shape index (κ1) is 17.3. The van der Waals surface area contributed by atoms with Gasteiger partial charge >= 0.3 is 0 Å². The second kappa shape index (κ2) is 10.1. The van der Waals surface area contributed by atoms with Crippen LogP contribution in [0.5, 0.6) is 5.75 Å². The van der Waals surface area contributed by atoms with E-state index >= 15 is 0 Å². The molecule has 0 unspecified atom stereocenters. The Labute approximate surface area is 129 Å². The Morgan fingerprint density at radius 3 is 2.76 bits per heavy atom. The number of unbranched alkanes of at least 4 members (excludes halogenated alkanes) is 1. The van der Waals surface area contributed by atoms with Crippen molar-refractivity contribution >= 4 is 5.96 Å². The Bertz CT molecular complexity index is 430. The van der Waals surface area contributed by atoms with Crippen LogP contribution in [-0.2, 0) is 6.54 Å². The Morgan fingerprint density at radius 2 is 2.10 bits per heavy atom. The third-order valence-electron chi connectivity index (χ3n) is 3.03. The van der Waals surface area contributed by atoms with E-state index in [4.69, 9.17) is 4.74 Å². The molecule has 0 amide bonds. The molecule has 1 aromatic rings. The van der Waals surface area contributed by atoms with Gasteiger partial charge in [0.25, 0.3) is 0 Å². The molecule has 0 radical (unpaired) electrons. The number of hydrogen-bond acceptors (Lipinski definition) is 2. The van der Waals surface area contributed by atoms with Crippen molar-refractivity contribution in [2.45, 2.75) is 40.2 Å². The summed E-state index contributed by atoms with van der Waals surface area (Å²) in [5, 5.41) is 6.62. The molecule has 0 aliphatic carbocycles. The summed E-state index contributed by atoms with van der Waals surface area (Å²) in [6, 6.07) is 8.21. The van der Waals surface area contributed by atoms with Crippen molar-refractivity contribution in [1.82, 2.24) is 10.6 Å². The highest BCUT2D eigenvalue weighted by Crippen LogP contribution is 2.13. The summed E-state index contributed by atoms with van der Waals surface area (Å²) in [7, 11) is 1.79. The lowest BCUT2D eigenvalue weighted by Gasteiger charge is -2.14. The number of guanidine groups is 1. The van der Waals surface area contributed by atoms with Gasteiger partial charge in [-0.25, -0.2) is 0 Å². The summed E-state index contributed by atoms with van der Waals surface area (Å²) >= 11 is 0. The van der Waals surface area contributed by atoms with Crippen LogP contribution < -0.4 is 15.4 Å². The fourth-order valence-electron chi connectivity index (χ4n) is 1.79. The van der Waals surface area contributed by atoms with Gasteiger partial charge in [0.1, 0.15) is 5.75 Å². The van der Waals surface area contributed by atoms with Crippen LogP contribution in [-0.4, -0.2) is 26.2 Å². The fourth-order valence-corrected chi connectivity index (χ4v) is 1.79. The molecule has 1 aromatic carbocycles. The second-order valence-electron chi connectivity index (χ2n) is 5.55. The Morgan fingerprint density at radius 1 is 1.29 bits per heavy atom. The van der Waals surface area contributed by atoms with E-state index in [0.29, 0.717) is 5.92 Å². The molecule has 0 aliphatic heterocycles. The average Bonchev–Trinajstić information content (AvgIpc) is 2.48. The van der Waals surface area contributed by atoms with E-state index in [1.807, 2.05) is 12.1 Å². The zero-order chi connectivity index (χ0) is 15.5. The van der Waals surface area contributed by atoms with E-state index in [0.717, 1.165) is 44.2 Å². The topological polar surface area (TPSA) is 45.6 Å². The maximum absolute atomic E-state index is 5.73. The fraction of sp³-hybridized carbons (Fsp3) is 0.588. The molecule has 0 fully saturated rings. The first-order valence-electron chi connectivity index (χ1n) is 7.82. The van der Waals surface area contributed by atoms with Crippen molar-refractivity contribution in [2.75, 3.05) is 20.2 Å². The third kappa shape index (κ3) is 7.59. The zero-order valence-electron chi connectivity index (χ0n) is 13.8. The molecule has 0 atom stereocenters. The normalized spacial score (nSPS) is 11.6. The molecule has 118 valence electrons. The van der Waals surface area contributed by atoms with Gasteiger partial charge in [-0.05, 0) is 30.0 Å². The van der Waals surface area contributed by atoms with E-state index < -0.39 is 0 Å². The summed E-state index contributed by atoms with van der Waals surface area (Å²) in [5.74, 6) is 2.37. The lowest BCUT2D eigenvalue weighted by atomic mass is 10.2. The van der Waals surface area contributed by atoms with Crippen LogP contribution in [0.2, 0.25) is 0 Å². The van der Waals surface area contributed by atoms with Crippen LogP contribution in [0.25, 0.3) is 0 Å². The average molecular weight is 291 g/mol. The van der Waals surface area contributed by atoms with Gasteiger partial charge in [0.2, 0.25) is 0 Å². The molecule has 1 rings (SSSR count). The number of rotatable bonds is 8. The van der Waals surface area contributed by atoms with E-state index in [-0.39, 0.29) is 0 Å². The van der Waals surface area contributed by atoms with Crippen molar-refractivity contribution in [3.8, 4) is 5.75 Å². The smallest absolute Gasteiger partial charge is 0.191 e. The highest BCUT2D eigenvalue weighted by Gasteiger charge is 2.01. The SMILES string of the molecule is CCCCOc1cccc(CNC(=NC)NCC(C)C)c1. The number of nitrogens with zero attached hydrogens (tertiary/aromatic N) is 1. The van der Waals surface area contributed by atoms with Gasteiger partial charge in [-0.1, -0.05) is 39.3 Å². The third-order valence-corrected chi connectivity index (χ3v) is 3.03. The van der Waals surface area contributed by atoms with E-state index in [2.05, 4.69) is 48.5 Å². The summed E-state index contributed by atoms with van der Waals surface area (Å²) < 4.78 is 5.73. The molecule has 21 heavy (non-hydrogen) atoms. The van der Waals surface area contributed by atoms with E-state index in [9.17, 15) is 0 Å². The minimum atomic E-state index is 0.596. The Balaban J connectivity index is 2.45. The summed E-state index contributed by atoms with van der Waals surface area (Å²) in [4.78, 5) is 4.22. The molecule has 0 aromatic heterocycles. The molecule has 0 saturated carbocycles. The molecular weight excluding hydrogens is 262 g/mol. The van der Waals surface area contributed by atoms with Gasteiger partial charge in [-0.3, -0.25) is 4.99 Å². The first-order valence-corrected chi connectivity index (χ1v) is 7.82. The van der Waals surface area contributed by atoms with Crippen LogP contribution in [0.15, 0.2) is 29.3 Å². The highest BCUT2D eigenvalue weighted by molar-refractivity contribution is 5.79. The summed E-state index contributed by atoms with van der Waals surface area (Å²) in [6.07, 6.45) is 2.24. The van der Waals surface area contributed by atoms with Crippen LogP contribution in [0.4, 0.5) is 0 Å². The number of hydrogen-bond donors (Lipinski definition) is 2. The lowest BCUT2D eigenvalue weighted by Crippen LogP contribution is -2.38. The molecule has 0 saturated heterocycles. The van der Waals surface area contributed by atoms with Crippen molar-refractivity contribution in [2.24, 2.45) is 10.9 Å². The van der Waals surface area contributed by atoms with Gasteiger partial charge in [0.05, 0.1) is 6.61 Å². The Kier molecular flexibility index (Phi) is 8.32. The maximum Gasteiger partial charge on any atom is 0.191 e. The monoisotopic (exact) mass is 291 g/mol. The Hall–Kier alpha value is -1.71. The number of ether oxygens (including phenoxy) is 1. The first-order chi connectivity index (χ1) is 10.2. The van der Waals surface area contributed by atoms with Crippen LogP contribution in [0.1, 0.15) is 39.2 Å². The quantitative estimate of drug-likeness (QED) is 0.439. The molecule has 0 spiro atoms. The number of nitrogens with one attached hydrogen (secondary N) is 2. The van der Waals surface area contributed by atoms with Crippen molar-refractivity contribution in [3.63, 3.8) is 0 Å². The molecular formula is C17H29N3O. The predicted molar refractivity (Wildman–Crippen MR) is 89.9 cm³/mol. The van der Waals surface area contributed by atoms with E-state index in [1.54, 1.807) is 7.05 Å². The molecule has 4 nitrogen and oxygen atoms in total. The largest absolute Gasteiger partial charge is 0.494 e. The maximum atomic E-state index is 5.73. The van der Waals surface area contributed by atoms with Gasteiger partial charge in [0.15, 0.2) is 5.96 Å². The van der Waals surface area contributed by atoms with Crippen LogP contribution in [0.3, 0.4) is 0 Å². The van der Waals surface area contributed by atoms with Gasteiger partial charge in [0, 0.05) is 20.1 Å². The minimum Gasteiger partial charge on any atom is -0.494 e. The summed E-state index contributed by atoms with van der Waals surface area (Å²) in [5.41, 5.74) is 1.19. The zero-order valence-corrected chi connectivity index (χ0v) is 13.8. The second-order valence-corrected chi connectivity index (χ2v) is 5.55. The van der Waals surface area contributed by atoms with Crippen molar-refractivity contribution in [3.05, 3.63) is 29.8 Å². The van der Waals surface area contributed by atoms with Crippen molar-refractivity contribution in [1.29, 1.82) is 0 Å². The predicted octanol–water partition coefficient (Wildman–Crippen LogP) is 3.19. The molecule has 4 heteroatoms. The standard InChI is InChI=1S/C17H29N3O/c1-5-6-10-21-16-9-7-8-15(11-16)13-20-17(18-4)19-12-14(2)3/h7-9,11,14H,5-6,10,12-13H2,1-4H3,(H2,18,19,20). The number of benzene rings is 1. The highest BCUT2D eigenvalue weighted by atomic mass is 16.5. The van der Waals surface area contributed by atoms with Gasteiger partial charge in [-0.2, -0.15) is 0 Å². The van der Waals surface area contributed by atoms with Gasteiger partial charge < -0.3 is 15.4 Å². The minimum absolute atomic E-state index is 0.596. The van der Waals surface area contributed by atoms with Crippen LogP contribution >= 0.6 is 0 Å². The van der Waals surface area contributed by atoms with Crippen LogP contribution in [0, 0.1) is 5.92 Å². The molecule has 0 heterocycles. The molecule has 2 N–H and O–H groups in total. The summed E-state index contributed by atoms with van der Waals surface area (Å²) in [6.45, 7) is 8.96. The van der Waals surface area contributed by atoms with Crippen molar-refractivity contribution < 1.29 is 4.74 Å². The molecule has 0 bridgehead atoms. The molecule has 0 aliphatic rings.